The van der Waals surface area contributed by atoms with Gasteiger partial charge in [0, 0.05) is 24.3 Å². The summed E-state index contributed by atoms with van der Waals surface area (Å²) in [6.07, 6.45) is 1.92. The highest BCUT2D eigenvalue weighted by atomic mass is 35.5. The molecule has 5 rings (SSSR count). The van der Waals surface area contributed by atoms with Crippen LogP contribution >= 0.6 is 11.6 Å². The van der Waals surface area contributed by atoms with Gasteiger partial charge in [0.2, 0.25) is 0 Å². The van der Waals surface area contributed by atoms with E-state index in [0.717, 1.165) is 34.6 Å². The van der Waals surface area contributed by atoms with Gasteiger partial charge in [0.05, 0.1) is 6.54 Å². The number of carbonyl (C=O) groups excluding carboxylic acids is 3. The van der Waals surface area contributed by atoms with Crippen LogP contribution in [0.15, 0.2) is 89.6 Å². The number of halogens is 1. The van der Waals surface area contributed by atoms with Gasteiger partial charge in [-0.15, -0.1) is 0 Å². The lowest BCUT2D eigenvalue weighted by Gasteiger charge is -2.29. The van der Waals surface area contributed by atoms with E-state index in [9.17, 15) is 14.4 Å². The Morgan fingerprint density at radius 3 is 2.34 bits per heavy atom. The van der Waals surface area contributed by atoms with Crippen LogP contribution in [-0.2, 0) is 29.1 Å². The Balaban J connectivity index is 1.24. The molecule has 0 spiro atoms. The van der Waals surface area contributed by atoms with Crippen LogP contribution in [0.4, 0.5) is 5.69 Å². The topological polar surface area (TPSA) is 69.7 Å². The fourth-order valence-corrected chi connectivity index (χ4v) is 4.72. The van der Waals surface area contributed by atoms with Crippen molar-refractivity contribution in [3.63, 3.8) is 0 Å². The zero-order valence-corrected chi connectivity index (χ0v) is 19.8. The summed E-state index contributed by atoms with van der Waals surface area (Å²) in [6.45, 7) is 1.16. The molecule has 3 amide bonds. The highest BCUT2D eigenvalue weighted by molar-refractivity contribution is 6.47. The summed E-state index contributed by atoms with van der Waals surface area (Å²) in [5.41, 5.74) is 4.56. The maximum absolute atomic E-state index is 13.1. The summed E-state index contributed by atoms with van der Waals surface area (Å²) in [6, 6.07) is 24.6. The molecule has 2 aliphatic rings. The van der Waals surface area contributed by atoms with E-state index in [-0.39, 0.29) is 23.2 Å². The van der Waals surface area contributed by atoms with Crippen LogP contribution in [0, 0.1) is 0 Å². The van der Waals surface area contributed by atoms with E-state index in [1.54, 1.807) is 12.1 Å². The second kappa shape index (κ2) is 9.76. The molecule has 2 aliphatic heterocycles. The molecule has 0 aromatic heterocycles. The molecule has 0 aliphatic carbocycles. The minimum absolute atomic E-state index is 0.0319. The summed E-state index contributed by atoms with van der Waals surface area (Å²) in [4.78, 5) is 41.5. The number of anilines is 1. The Labute approximate surface area is 208 Å². The van der Waals surface area contributed by atoms with Gasteiger partial charge in [-0.1, -0.05) is 72.3 Å². The molecule has 35 heavy (non-hydrogen) atoms. The molecule has 0 radical (unpaired) electrons. The van der Waals surface area contributed by atoms with E-state index in [1.807, 2.05) is 65.6 Å². The predicted molar refractivity (Wildman–Crippen MR) is 135 cm³/mol. The third-order valence-electron chi connectivity index (χ3n) is 6.32. The van der Waals surface area contributed by atoms with Crippen LogP contribution in [0.5, 0.6) is 0 Å². The Morgan fingerprint density at radius 2 is 1.57 bits per heavy atom. The van der Waals surface area contributed by atoms with Crippen molar-refractivity contribution in [2.75, 3.05) is 11.4 Å². The van der Waals surface area contributed by atoms with Crippen molar-refractivity contribution in [3.05, 3.63) is 112 Å². The Hall–Kier alpha value is -3.90. The lowest BCUT2D eigenvalue weighted by atomic mass is 10.0. The van der Waals surface area contributed by atoms with Crippen LogP contribution in [0.3, 0.4) is 0 Å². The van der Waals surface area contributed by atoms with E-state index >= 15 is 0 Å². The number of nitrogens with zero attached hydrogens (tertiary/aromatic N) is 2. The summed E-state index contributed by atoms with van der Waals surface area (Å²) in [5.74, 6) is -0.985. The summed E-state index contributed by atoms with van der Waals surface area (Å²) in [5, 5.41) is 2.90. The highest BCUT2D eigenvalue weighted by Gasteiger charge is 2.37. The molecule has 2 heterocycles. The molecule has 0 atom stereocenters. The fourth-order valence-electron chi connectivity index (χ4n) is 4.47. The third kappa shape index (κ3) is 4.57. The Kier molecular flexibility index (Phi) is 6.38. The number of amides is 3. The quantitative estimate of drug-likeness (QED) is 0.526. The molecule has 0 saturated heterocycles. The van der Waals surface area contributed by atoms with Crippen LogP contribution < -0.4 is 10.2 Å². The zero-order chi connectivity index (χ0) is 24.4. The van der Waals surface area contributed by atoms with Gasteiger partial charge in [0.1, 0.15) is 10.7 Å². The van der Waals surface area contributed by atoms with Crippen molar-refractivity contribution in [1.29, 1.82) is 0 Å². The smallest absolute Gasteiger partial charge is 0.278 e. The van der Waals surface area contributed by atoms with E-state index in [0.29, 0.717) is 18.7 Å². The van der Waals surface area contributed by atoms with Crippen LogP contribution in [0.2, 0.25) is 0 Å². The van der Waals surface area contributed by atoms with E-state index in [2.05, 4.69) is 11.4 Å². The molecular formula is C28H24ClN3O3. The number of fused-ring (bicyclic) bond motifs is 1. The molecule has 0 saturated carbocycles. The second-order valence-corrected chi connectivity index (χ2v) is 8.99. The molecule has 3 aromatic rings. The first-order valence-corrected chi connectivity index (χ1v) is 11.9. The molecule has 0 unspecified atom stereocenters. The first-order chi connectivity index (χ1) is 17.0. The summed E-state index contributed by atoms with van der Waals surface area (Å²) in [7, 11) is 0. The number of rotatable bonds is 6. The Bertz CT molecular complexity index is 1320. The molecule has 7 heteroatoms. The summed E-state index contributed by atoms with van der Waals surface area (Å²) >= 11 is 6.20. The first kappa shape index (κ1) is 22.9. The van der Waals surface area contributed by atoms with Gasteiger partial charge in [-0.25, -0.2) is 0 Å². The fraction of sp³-hybridized carbons (Fsp3) is 0.179. The standard InChI is InChI=1S/C28H24ClN3O3/c29-24-25(28(35)32(27(24)34)18-20-7-2-1-3-8-20)30-17-19-12-14-22(15-13-19)26(33)31-16-6-10-21-9-4-5-11-23(21)31/h1-5,7-9,11-15,30H,6,10,16-18H2. The SMILES string of the molecule is O=C1C(Cl)=C(NCc2ccc(C(=O)N3CCCc4ccccc43)cc2)C(=O)N1Cc1ccccc1. The van der Waals surface area contributed by atoms with Crippen molar-refractivity contribution < 1.29 is 14.4 Å². The van der Waals surface area contributed by atoms with E-state index < -0.39 is 11.8 Å². The number of hydrogen-bond acceptors (Lipinski definition) is 4. The molecular weight excluding hydrogens is 462 g/mol. The lowest BCUT2D eigenvalue weighted by Crippen LogP contribution is -2.35. The maximum atomic E-state index is 13.1. The van der Waals surface area contributed by atoms with Gasteiger partial charge in [0.25, 0.3) is 17.7 Å². The molecule has 1 N–H and O–H groups in total. The molecule has 0 fully saturated rings. The highest BCUT2D eigenvalue weighted by Crippen LogP contribution is 2.28. The average Bonchev–Trinajstić information content (AvgIpc) is 3.10. The lowest BCUT2D eigenvalue weighted by molar-refractivity contribution is -0.138. The monoisotopic (exact) mass is 485 g/mol. The molecule has 6 nitrogen and oxygen atoms in total. The van der Waals surface area contributed by atoms with E-state index in [4.69, 9.17) is 11.6 Å². The predicted octanol–water partition coefficient (Wildman–Crippen LogP) is 4.39. The van der Waals surface area contributed by atoms with Gasteiger partial charge >= 0.3 is 0 Å². The van der Waals surface area contributed by atoms with Crippen LogP contribution in [0.1, 0.15) is 33.5 Å². The van der Waals surface area contributed by atoms with Crippen molar-refractivity contribution >= 4 is 35.0 Å². The van der Waals surface area contributed by atoms with Crippen LogP contribution in [-0.4, -0.2) is 29.2 Å². The largest absolute Gasteiger partial charge is 0.375 e. The zero-order valence-electron chi connectivity index (χ0n) is 19.0. The normalized spacial score (nSPS) is 15.5. The second-order valence-electron chi connectivity index (χ2n) is 8.61. The van der Waals surface area contributed by atoms with Gasteiger partial charge in [-0.3, -0.25) is 19.3 Å². The Morgan fingerprint density at radius 1 is 0.857 bits per heavy atom. The van der Waals surface area contributed by atoms with Crippen molar-refractivity contribution in [2.45, 2.75) is 25.9 Å². The molecule has 3 aromatic carbocycles. The number of benzene rings is 3. The number of aryl methyl sites for hydroxylation is 1. The van der Waals surface area contributed by atoms with Gasteiger partial charge in [-0.2, -0.15) is 0 Å². The molecule has 0 bridgehead atoms. The van der Waals surface area contributed by atoms with Crippen molar-refractivity contribution in [2.24, 2.45) is 0 Å². The third-order valence-corrected chi connectivity index (χ3v) is 6.67. The summed E-state index contributed by atoms with van der Waals surface area (Å²) < 4.78 is 0. The minimum atomic E-state index is -0.509. The minimum Gasteiger partial charge on any atom is -0.375 e. The number of hydrogen-bond donors (Lipinski definition) is 1. The van der Waals surface area contributed by atoms with Crippen molar-refractivity contribution in [1.82, 2.24) is 10.2 Å². The van der Waals surface area contributed by atoms with E-state index in [1.165, 1.54) is 5.56 Å². The number of carbonyl (C=O) groups is 3. The van der Waals surface area contributed by atoms with Gasteiger partial charge in [0.15, 0.2) is 0 Å². The number of para-hydroxylation sites is 1. The number of nitrogens with one attached hydrogen (secondary N) is 1. The molecule has 176 valence electrons. The number of imide groups is 1. The van der Waals surface area contributed by atoms with Crippen LogP contribution in [0.25, 0.3) is 0 Å². The van der Waals surface area contributed by atoms with Gasteiger partial charge < -0.3 is 10.2 Å². The van der Waals surface area contributed by atoms with Crippen molar-refractivity contribution in [3.8, 4) is 0 Å². The van der Waals surface area contributed by atoms with Gasteiger partial charge in [-0.05, 0) is 47.7 Å². The maximum Gasteiger partial charge on any atom is 0.278 e. The average molecular weight is 486 g/mol. The first-order valence-electron chi connectivity index (χ1n) is 11.6.